The minimum Gasteiger partial charge on any atom is -0.542 e. The van der Waals surface area contributed by atoms with Crippen LogP contribution in [0, 0.1) is 11.6 Å². The van der Waals surface area contributed by atoms with Gasteiger partial charge in [0.2, 0.25) is 20.0 Å². The van der Waals surface area contributed by atoms with Crippen LogP contribution in [0.2, 0.25) is 28.2 Å². The number of primary sulfonamides is 2. The van der Waals surface area contributed by atoms with Gasteiger partial charge in [0.05, 0.1) is 10.0 Å². The average Bonchev–Trinajstić information content (AvgIpc) is 2.98. The summed E-state index contributed by atoms with van der Waals surface area (Å²) < 4.78 is 77.2. The first kappa shape index (κ1) is 48.6. The molecule has 0 radical (unpaired) electrons. The zero-order chi connectivity index (χ0) is 38.4. The van der Waals surface area contributed by atoms with Gasteiger partial charge in [0, 0.05) is 16.7 Å². The van der Waals surface area contributed by atoms with E-state index in [1.165, 1.54) is 36.4 Å². The normalized spacial score (nSPS) is 11.3. The number of ketones is 1. The molecule has 0 atom stereocenters. The third kappa shape index (κ3) is 13.5. The largest absolute Gasteiger partial charge is 0.542 e. The van der Waals surface area contributed by atoms with Crippen molar-refractivity contribution >= 4 is 74.2 Å². The quantitative estimate of drug-likeness (QED) is 0.0936. The van der Waals surface area contributed by atoms with Gasteiger partial charge in [0.25, 0.3) is 13.6 Å². The number of benzene rings is 4. The van der Waals surface area contributed by atoms with E-state index in [-0.39, 0.29) is 57.3 Å². The van der Waals surface area contributed by atoms with E-state index in [0.29, 0.717) is 5.75 Å². The fourth-order valence-corrected chi connectivity index (χ4v) is 6.76. The van der Waals surface area contributed by atoms with Gasteiger partial charge in [-0.2, -0.15) is 0 Å². The molecular weight excluding hydrogens is 801 g/mol. The highest BCUT2D eigenvalue weighted by atomic mass is 35.5. The fraction of sp³-hybridized carbons (Fsp3) is 0.235. The molecule has 5 N–H and O–H groups in total. The number of aromatic hydroxyl groups is 1. The molecule has 0 aliphatic carbocycles. The van der Waals surface area contributed by atoms with Crippen LogP contribution in [-0.2, 0) is 20.0 Å². The highest BCUT2D eigenvalue weighted by Gasteiger charge is 2.39. The van der Waals surface area contributed by atoms with Crippen LogP contribution < -0.4 is 14.7 Å². The summed E-state index contributed by atoms with van der Waals surface area (Å²) in [5.74, 6) is -2.07. The molecule has 0 unspecified atom stereocenters. The van der Waals surface area contributed by atoms with Gasteiger partial charge >= 0.3 is 0 Å². The lowest BCUT2D eigenvalue weighted by atomic mass is 10.0. The lowest BCUT2D eigenvalue weighted by Crippen LogP contribution is -2.44. The Morgan fingerprint density at radius 1 is 0.731 bits per heavy atom. The number of carbonyl (C=O) groups excluding carboxylic acids is 2. The Bertz CT molecular complexity index is 2130. The third-order valence-corrected chi connectivity index (χ3v) is 14.5. The molecule has 0 saturated heterocycles. The van der Waals surface area contributed by atoms with Gasteiger partial charge in [-0.3, -0.25) is 9.59 Å². The number of halogens is 5. The second-order valence-corrected chi connectivity index (χ2v) is 20.9. The third-order valence-electron chi connectivity index (χ3n) is 7.18. The summed E-state index contributed by atoms with van der Waals surface area (Å²) in [5.41, 5.74) is -0.0402. The van der Waals surface area contributed by atoms with Crippen molar-refractivity contribution in [3.05, 3.63) is 117 Å². The predicted molar refractivity (Wildman–Crippen MR) is 205 cm³/mol. The van der Waals surface area contributed by atoms with Crippen LogP contribution in [0.25, 0.3) is 0 Å². The van der Waals surface area contributed by atoms with Crippen molar-refractivity contribution in [1.29, 1.82) is 0 Å². The summed E-state index contributed by atoms with van der Waals surface area (Å²) in [5, 5.41) is 18.1. The number of hydrogen-bond acceptors (Lipinski definition) is 8. The minimum absolute atomic E-state index is 0. The van der Waals surface area contributed by atoms with E-state index in [0.717, 1.165) is 24.3 Å². The van der Waals surface area contributed by atoms with E-state index in [9.17, 15) is 35.2 Å². The molecule has 10 nitrogen and oxygen atoms in total. The average molecular weight is 842 g/mol. The standard InChI is InChI=1S/C13H9ClFNO4S.C12H19FOSi.C7H5Cl2NO3S.2CH4/c14-9-3-1-8(6-12(9)21(16,19)20)13(18)7-2-4-11(17)10(15)5-7;1-12(2,3)15(4,5)14-11-9-7-6-8-10(11)13;8-5-2-1-4(7(9)11)3-6(5)14(10,12)13;;/h1-6,17H,(H2,16,19,20);6-9H,1-5H3;1-3H,(H2,10,12,13);2*1H4. The van der Waals surface area contributed by atoms with E-state index in [4.69, 9.17) is 54.6 Å². The Labute approximate surface area is 319 Å². The number of phenols is 1. The highest BCUT2D eigenvalue weighted by Crippen LogP contribution is 2.37. The smallest absolute Gasteiger partial charge is 0.252 e. The molecule has 4 aromatic carbocycles. The molecule has 0 bridgehead atoms. The molecule has 0 aliphatic rings. The summed E-state index contributed by atoms with van der Waals surface area (Å²) >= 11 is 16.4. The van der Waals surface area contributed by atoms with Crippen molar-refractivity contribution in [1.82, 2.24) is 0 Å². The van der Waals surface area contributed by atoms with Gasteiger partial charge in [-0.1, -0.05) is 71.0 Å². The first-order valence-corrected chi connectivity index (χ1v) is 21.2. The van der Waals surface area contributed by atoms with Crippen LogP contribution in [0.15, 0.2) is 88.7 Å². The number of hydrogen-bond donors (Lipinski definition) is 3. The van der Waals surface area contributed by atoms with Crippen LogP contribution in [-0.4, -0.2) is 41.3 Å². The van der Waals surface area contributed by atoms with Gasteiger partial charge in [-0.25, -0.2) is 35.9 Å². The molecule has 4 aromatic rings. The molecule has 0 fully saturated rings. The summed E-state index contributed by atoms with van der Waals surface area (Å²) in [4.78, 5) is 22.2. The molecule has 52 heavy (non-hydrogen) atoms. The monoisotopic (exact) mass is 840 g/mol. The molecular formula is C34H41Cl3F2N2O8S2Si. The molecule has 0 spiro atoms. The van der Waals surface area contributed by atoms with Crippen molar-refractivity contribution < 1.29 is 44.7 Å². The topological polar surface area (TPSA) is 184 Å². The van der Waals surface area contributed by atoms with Gasteiger partial charge in [0.1, 0.15) is 15.5 Å². The molecule has 4 rings (SSSR count). The van der Waals surface area contributed by atoms with Crippen LogP contribution >= 0.6 is 34.8 Å². The highest BCUT2D eigenvalue weighted by molar-refractivity contribution is 7.89. The number of sulfonamides is 2. The van der Waals surface area contributed by atoms with Crippen LogP contribution in [0.4, 0.5) is 8.78 Å². The second kappa shape index (κ2) is 19.1. The number of nitrogens with two attached hydrogens (primary N) is 2. The van der Waals surface area contributed by atoms with Crippen molar-refractivity contribution in [2.45, 2.75) is 63.5 Å². The summed E-state index contributed by atoms with van der Waals surface area (Å²) in [6.07, 6.45) is 0. The maximum atomic E-state index is 13.4. The van der Waals surface area contributed by atoms with Crippen molar-refractivity contribution in [2.75, 3.05) is 0 Å². The number of rotatable bonds is 7. The van der Waals surface area contributed by atoms with Crippen molar-refractivity contribution in [2.24, 2.45) is 10.3 Å². The first-order valence-electron chi connectivity index (χ1n) is 14.1. The lowest BCUT2D eigenvalue weighted by molar-refractivity contribution is 0.103. The number of carbonyl (C=O) groups is 2. The fourth-order valence-electron chi connectivity index (χ4n) is 3.48. The Hall–Kier alpha value is -3.41. The molecule has 0 amide bonds. The van der Waals surface area contributed by atoms with E-state index < -0.39 is 55.9 Å². The van der Waals surface area contributed by atoms with Gasteiger partial charge in [-0.05, 0) is 96.5 Å². The summed E-state index contributed by atoms with van der Waals surface area (Å²) in [7, 11) is -9.93. The summed E-state index contributed by atoms with van der Waals surface area (Å²) in [6, 6.07) is 16.8. The predicted octanol–water partition coefficient (Wildman–Crippen LogP) is 8.91. The maximum absolute atomic E-state index is 13.4. The van der Waals surface area contributed by atoms with Crippen LogP contribution in [0.1, 0.15) is 61.9 Å². The molecule has 0 saturated carbocycles. The van der Waals surface area contributed by atoms with Gasteiger partial charge in [0.15, 0.2) is 23.2 Å². The Morgan fingerprint density at radius 3 is 1.58 bits per heavy atom. The summed E-state index contributed by atoms with van der Waals surface area (Å²) in [6.45, 7) is 10.6. The second-order valence-electron chi connectivity index (χ2n) is 11.9. The maximum Gasteiger partial charge on any atom is 0.252 e. The van der Waals surface area contributed by atoms with Crippen molar-refractivity contribution in [3.63, 3.8) is 0 Å². The Kier molecular flexibility index (Phi) is 17.8. The lowest BCUT2D eigenvalue weighted by Gasteiger charge is -2.36. The Morgan fingerprint density at radius 2 is 1.15 bits per heavy atom. The molecule has 286 valence electrons. The van der Waals surface area contributed by atoms with E-state index in [2.05, 4.69) is 33.9 Å². The first-order chi connectivity index (χ1) is 22.8. The van der Waals surface area contributed by atoms with E-state index in [1.54, 1.807) is 18.2 Å². The van der Waals surface area contributed by atoms with Gasteiger partial charge < -0.3 is 9.53 Å². The van der Waals surface area contributed by atoms with Crippen LogP contribution in [0.5, 0.6) is 11.5 Å². The molecule has 0 aliphatic heterocycles. The molecule has 0 heterocycles. The van der Waals surface area contributed by atoms with E-state index in [1.807, 2.05) is 0 Å². The Balaban J connectivity index is 0.000000757. The van der Waals surface area contributed by atoms with Crippen LogP contribution in [0.3, 0.4) is 0 Å². The minimum atomic E-state index is -4.08. The SMILES string of the molecule is C.C.CC(C)(C)[Si](C)(C)Oc1ccccc1F.NS(=O)(=O)c1cc(C(=O)Cl)ccc1Cl.NS(=O)(=O)c1cc(C(=O)c2ccc(O)c(F)c2)ccc1Cl. The number of para-hydroxylation sites is 1. The molecule has 0 aromatic heterocycles. The van der Waals surface area contributed by atoms with Crippen molar-refractivity contribution in [3.8, 4) is 11.5 Å². The zero-order valence-corrected chi connectivity index (χ0v) is 32.1. The number of phenolic OH excluding ortho intramolecular Hbond substituents is 1. The molecule has 18 heteroatoms. The zero-order valence-electron chi connectivity index (χ0n) is 27.2. The van der Waals surface area contributed by atoms with Gasteiger partial charge in [-0.15, -0.1) is 0 Å². The van der Waals surface area contributed by atoms with E-state index >= 15 is 0 Å².